The molecule has 0 aromatic heterocycles. The molecule has 3 rings (SSSR count). The largest absolute Gasteiger partial charge is 0.345 e. The standard InChI is InChI=1S/C21H26N2O3S/c1-15(2)14-20(16-6-4-3-5-7-16)22-21(24)17-8-12-19(13-9-17)27(25,26)23-18-10-11-18/h3-9,12-13,15,18,20,23H,10-11,14H2,1-2H3,(H,22,24)/t20-/m0/s1. The van der Waals surface area contributed by atoms with E-state index >= 15 is 0 Å². The molecule has 1 aliphatic carbocycles. The molecule has 5 nitrogen and oxygen atoms in total. The first kappa shape index (κ1) is 19.6. The van der Waals surface area contributed by atoms with E-state index in [9.17, 15) is 13.2 Å². The Labute approximate surface area is 161 Å². The van der Waals surface area contributed by atoms with Crippen LogP contribution in [0.2, 0.25) is 0 Å². The fourth-order valence-electron chi connectivity index (χ4n) is 2.95. The number of sulfonamides is 1. The van der Waals surface area contributed by atoms with Crippen LogP contribution in [-0.4, -0.2) is 20.4 Å². The lowest BCUT2D eigenvalue weighted by Gasteiger charge is -2.21. The zero-order valence-electron chi connectivity index (χ0n) is 15.7. The van der Waals surface area contributed by atoms with Crippen LogP contribution in [0.5, 0.6) is 0 Å². The number of carbonyl (C=O) groups excluding carboxylic acids is 1. The molecule has 1 saturated carbocycles. The lowest BCUT2D eigenvalue weighted by Crippen LogP contribution is -2.29. The second-order valence-corrected chi connectivity index (χ2v) is 9.20. The summed E-state index contributed by atoms with van der Waals surface area (Å²) < 4.78 is 27.1. The second-order valence-electron chi connectivity index (χ2n) is 7.49. The van der Waals surface area contributed by atoms with Gasteiger partial charge in [0.1, 0.15) is 0 Å². The molecule has 0 saturated heterocycles. The van der Waals surface area contributed by atoms with Crippen LogP contribution in [0, 0.1) is 5.92 Å². The Balaban J connectivity index is 1.72. The highest BCUT2D eigenvalue weighted by Crippen LogP contribution is 2.23. The van der Waals surface area contributed by atoms with Crippen molar-refractivity contribution in [3.63, 3.8) is 0 Å². The van der Waals surface area contributed by atoms with Crippen molar-refractivity contribution in [3.8, 4) is 0 Å². The Hall–Kier alpha value is -2.18. The molecule has 1 amide bonds. The van der Waals surface area contributed by atoms with Crippen molar-refractivity contribution in [1.29, 1.82) is 0 Å². The van der Waals surface area contributed by atoms with Crippen LogP contribution in [0.4, 0.5) is 0 Å². The average molecular weight is 387 g/mol. The maximum Gasteiger partial charge on any atom is 0.251 e. The first-order valence-corrected chi connectivity index (χ1v) is 10.8. The fraction of sp³-hybridized carbons (Fsp3) is 0.381. The van der Waals surface area contributed by atoms with Crippen LogP contribution in [0.3, 0.4) is 0 Å². The molecule has 0 aliphatic heterocycles. The average Bonchev–Trinajstić information content (AvgIpc) is 3.45. The lowest BCUT2D eigenvalue weighted by molar-refractivity contribution is 0.0932. The molecule has 0 spiro atoms. The molecule has 1 atom stereocenters. The Bertz CT molecular complexity index is 873. The summed E-state index contributed by atoms with van der Waals surface area (Å²) in [6.07, 6.45) is 2.60. The monoisotopic (exact) mass is 386 g/mol. The van der Waals surface area contributed by atoms with Crippen molar-refractivity contribution in [2.75, 3.05) is 0 Å². The number of hydrogen-bond acceptors (Lipinski definition) is 3. The molecule has 0 radical (unpaired) electrons. The van der Waals surface area contributed by atoms with Gasteiger partial charge in [0.05, 0.1) is 10.9 Å². The van der Waals surface area contributed by atoms with E-state index in [1.54, 1.807) is 12.1 Å². The normalized spacial score (nSPS) is 15.5. The topological polar surface area (TPSA) is 75.3 Å². The summed E-state index contributed by atoms with van der Waals surface area (Å²) in [5.74, 6) is 0.222. The highest BCUT2D eigenvalue weighted by Gasteiger charge is 2.28. The number of carbonyl (C=O) groups is 1. The SMILES string of the molecule is CC(C)C[C@H](NC(=O)c1ccc(S(=O)(=O)NC2CC2)cc1)c1ccccc1. The van der Waals surface area contributed by atoms with E-state index in [0.717, 1.165) is 24.8 Å². The summed E-state index contributed by atoms with van der Waals surface area (Å²) >= 11 is 0. The van der Waals surface area contributed by atoms with Gasteiger partial charge in [-0.25, -0.2) is 13.1 Å². The quantitative estimate of drug-likeness (QED) is 0.727. The van der Waals surface area contributed by atoms with Gasteiger partial charge in [-0.3, -0.25) is 4.79 Å². The van der Waals surface area contributed by atoms with Crippen LogP contribution in [0.25, 0.3) is 0 Å². The minimum atomic E-state index is -3.50. The molecular weight excluding hydrogens is 360 g/mol. The van der Waals surface area contributed by atoms with E-state index < -0.39 is 10.0 Å². The summed E-state index contributed by atoms with van der Waals surface area (Å²) in [4.78, 5) is 12.9. The van der Waals surface area contributed by atoms with Crippen molar-refractivity contribution >= 4 is 15.9 Å². The van der Waals surface area contributed by atoms with Gasteiger partial charge in [0.25, 0.3) is 5.91 Å². The van der Waals surface area contributed by atoms with Crippen molar-refractivity contribution < 1.29 is 13.2 Å². The van der Waals surface area contributed by atoms with Crippen LogP contribution in [-0.2, 0) is 10.0 Å². The highest BCUT2D eigenvalue weighted by atomic mass is 32.2. The number of rotatable bonds is 8. The zero-order chi connectivity index (χ0) is 19.4. The predicted octanol–water partition coefficient (Wildman–Crippen LogP) is 3.64. The summed E-state index contributed by atoms with van der Waals surface area (Å²) in [7, 11) is -3.50. The second kappa shape index (κ2) is 8.23. The minimum Gasteiger partial charge on any atom is -0.345 e. The maximum atomic E-state index is 12.7. The predicted molar refractivity (Wildman–Crippen MR) is 106 cm³/mol. The van der Waals surface area contributed by atoms with E-state index in [2.05, 4.69) is 23.9 Å². The number of hydrogen-bond donors (Lipinski definition) is 2. The van der Waals surface area contributed by atoms with E-state index in [4.69, 9.17) is 0 Å². The molecule has 144 valence electrons. The molecule has 2 aromatic carbocycles. The van der Waals surface area contributed by atoms with E-state index in [-0.39, 0.29) is 22.9 Å². The summed E-state index contributed by atoms with van der Waals surface area (Å²) in [6, 6.07) is 16.0. The van der Waals surface area contributed by atoms with Gasteiger partial charge in [0.2, 0.25) is 10.0 Å². The molecule has 0 unspecified atom stereocenters. The van der Waals surface area contributed by atoms with Gasteiger partial charge in [-0.15, -0.1) is 0 Å². The van der Waals surface area contributed by atoms with Gasteiger partial charge >= 0.3 is 0 Å². The van der Waals surface area contributed by atoms with Crippen molar-refractivity contribution in [3.05, 3.63) is 65.7 Å². The van der Waals surface area contributed by atoms with E-state index in [0.29, 0.717) is 11.5 Å². The van der Waals surface area contributed by atoms with Gasteiger partial charge in [-0.2, -0.15) is 0 Å². The number of amides is 1. The molecule has 2 aromatic rings. The molecule has 0 bridgehead atoms. The number of nitrogens with one attached hydrogen (secondary N) is 2. The molecule has 0 heterocycles. The summed E-state index contributed by atoms with van der Waals surface area (Å²) in [6.45, 7) is 4.24. The molecule has 6 heteroatoms. The lowest BCUT2D eigenvalue weighted by atomic mass is 9.96. The van der Waals surface area contributed by atoms with Gasteiger partial charge in [-0.1, -0.05) is 44.2 Å². The molecule has 1 aliphatic rings. The highest BCUT2D eigenvalue weighted by molar-refractivity contribution is 7.89. The summed E-state index contributed by atoms with van der Waals surface area (Å²) in [5.41, 5.74) is 1.51. The van der Waals surface area contributed by atoms with E-state index in [1.165, 1.54) is 12.1 Å². The van der Waals surface area contributed by atoms with Crippen LogP contribution >= 0.6 is 0 Å². The first-order chi connectivity index (χ1) is 12.8. The Morgan fingerprint density at radius 1 is 1.04 bits per heavy atom. The Kier molecular flexibility index (Phi) is 5.97. The van der Waals surface area contributed by atoms with E-state index in [1.807, 2.05) is 30.3 Å². The Morgan fingerprint density at radius 2 is 1.67 bits per heavy atom. The smallest absolute Gasteiger partial charge is 0.251 e. The summed E-state index contributed by atoms with van der Waals surface area (Å²) in [5, 5.41) is 3.08. The maximum absolute atomic E-state index is 12.7. The van der Waals surface area contributed by atoms with Gasteiger partial charge in [0, 0.05) is 11.6 Å². The third-order valence-electron chi connectivity index (χ3n) is 4.54. The van der Waals surface area contributed by atoms with Crippen molar-refractivity contribution in [1.82, 2.24) is 10.0 Å². The third kappa shape index (κ3) is 5.40. The van der Waals surface area contributed by atoms with Gasteiger partial charge < -0.3 is 5.32 Å². The first-order valence-electron chi connectivity index (χ1n) is 9.33. The zero-order valence-corrected chi connectivity index (χ0v) is 16.5. The van der Waals surface area contributed by atoms with Crippen LogP contribution in [0.1, 0.15) is 55.1 Å². The van der Waals surface area contributed by atoms with Gasteiger partial charge in [0.15, 0.2) is 0 Å². The number of benzene rings is 2. The van der Waals surface area contributed by atoms with Crippen LogP contribution in [0.15, 0.2) is 59.5 Å². The Morgan fingerprint density at radius 3 is 2.22 bits per heavy atom. The molecular formula is C21H26N2O3S. The molecule has 27 heavy (non-hydrogen) atoms. The minimum absolute atomic E-state index is 0.0561. The van der Waals surface area contributed by atoms with Crippen molar-refractivity contribution in [2.45, 2.75) is 50.1 Å². The third-order valence-corrected chi connectivity index (χ3v) is 6.08. The van der Waals surface area contributed by atoms with Crippen LogP contribution < -0.4 is 10.0 Å². The van der Waals surface area contributed by atoms with Crippen molar-refractivity contribution in [2.24, 2.45) is 5.92 Å². The molecule has 2 N–H and O–H groups in total. The molecule has 1 fully saturated rings. The van der Waals surface area contributed by atoms with Gasteiger partial charge in [-0.05, 0) is 55.0 Å². The fourth-order valence-corrected chi connectivity index (χ4v) is 4.26.